The van der Waals surface area contributed by atoms with Crippen LogP contribution >= 0.6 is 0 Å². The Bertz CT molecular complexity index is 403. The number of para-hydroxylation sites is 1. The van der Waals surface area contributed by atoms with Crippen molar-refractivity contribution < 1.29 is 4.74 Å². The molecule has 2 saturated heterocycles. The predicted octanol–water partition coefficient (Wildman–Crippen LogP) is 1.17. The molecule has 3 rings (SSSR count). The molecule has 1 aromatic carbocycles. The molecule has 4 heteroatoms. The van der Waals surface area contributed by atoms with Gasteiger partial charge in [-0.15, -0.1) is 0 Å². The van der Waals surface area contributed by atoms with Gasteiger partial charge in [0.2, 0.25) is 0 Å². The Morgan fingerprint density at radius 1 is 1.10 bits per heavy atom. The van der Waals surface area contributed by atoms with Crippen LogP contribution in [0.1, 0.15) is 6.42 Å². The summed E-state index contributed by atoms with van der Waals surface area (Å²) >= 11 is 0. The fraction of sp³-hybridized carbons (Fsp3) is 0.625. The Morgan fingerprint density at radius 2 is 1.85 bits per heavy atom. The summed E-state index contributed by atoms with van der Waals surface area (Å²) in [6.07, 6.45) is 1.01. The number of benzene rings is 1. The first kappa shape index (κ1) is 13.9. The van der Waals surface area contributed by atoms with Gasteiger partial charge < -0.3 is 15.4 Å². The summed E-state index contributed by atoms with van der Waals surface area (Å²) in [5.74, 6) is 0.507. The minimum absolute atomic E-state index is 0.316. The van der Waals surface area contributed by atoms with Crippen molar-refractivity contribution in [2.24, 2.45) is 11.7 Å². The molecule has 1 aromatic rings. The Kier molecular flexibility index (Phi) is 4.55. The van der Waals surface area contributed by atoms with E-state index < -0.39 is 0 Å². The van der Waals surface area contributed by atoms with Gasteiger partial charge in [-0.1, -0.05) is 18.2 Å². The predicted molar refractivity (Wildman–Crippen MR) is 82.0 cm³/mol. The van der Waals surface area contributed by atoms with Gasteiger partial charge in [-0.05, 0) is 18.6 Å². The minimum atomic E-state index is 0.316. The van der Waals surface area contributed by atoms with E-state index >= 15 is 0 Å². The Balaban J connectivity index is 1.49. The Hall–Kier alpha value is -1.10. The molecule has 4 nitrogen and oxygen atoms in total. The van der Waals surface area contributed by atoms with Crippen molar-refractivity contribution in [1.82, 2.24) is 4.90 Å². The number of piperazine rings is 1. The summed E-state index contributed by atoms with van der Waals surface area (Å²) < 4.78 is 5.57. The summed E-state index contributed by atoms with van der Waals surface area (Å²) in [5.41, 5.74) is 7.54. The average Bonchev–Trinajstić information content (AvgIpc) is 2.51. The van der Waals surface area contributed by atoms with Gasteiger partial charge in [0, 0.05) is 57.0 Å². The highest BCUT2D eigenvalue weighted by molar-refractivity contribution is 5.46. The molecule has 0 aromatic heterocycles. The fourth-order valence-electron chi connectivity index (χ4n) is 3.16. The van der Waals surface area contributed by atoms with Gasteiger partial charge in [0.05, 0.1) is 6.61 Å². The molecule has 2 unspecified atom stereocenters. The van der Waals surface area contributed by atoms with Gasteiger partial charge in [0.15, 0.2) is 0 Å². The minimum Gasteiger partial charge on any atom is -0.381 e. The zero-order valence-corrected chi connectivity index (χ0v) is 12.1. The smallest absolute Gasteiger partial charge is 0.0521 e. The van der Waals surface area contributed by atoms with E-state index in [1.54, 1.807) is 0 Å². The lowest BCUT2D eigenvalue weighted by molar-refractivity contribution is 0.0253. The van der Waals surface area contributed by atoms with Crippen LogP contribution in [0.5, 0.6) is 0 Å². The van der Waals surface area contributed by atoms with Crippen molar-refractivity contribution in [3.05, 3.63) is 30.3 Å². The number of hydrogen-bond acceptors (Lipinski definition) is 4. The molecule has 2 N–H and O–H groups in total. The van der Waals surface area contributed by atoms with Crippen molar-refractivity contribution in [3.63, 3.8) is 0 Å². The Labute approximate surface area is 121 Å². The van der Waals surface area contributed by atoms with Gasteiger partial charge >= 0.3 is 0 Å². The van der Waals surface area contributed by atoms with Crippen molar-refractivity contribution in [1.29, 1.82) is 0 Å². The fourth-order valence-corrected chi connectivity index (χ4v) is 3.16. The molecule has 0 amide bonds. The SMILES string of the molecule is NC1CCOCC1CN1CCN(c2ccccc2)CC1. The number of ether oxygens (including phenoxy) is 1. The summed E-state index contributed by atoms with van der Waals surface area (Å²) in [4.78, 5) is 5.01. The maximum absolute atomic E-state index is 6.20. The van der Waals surface area contributed by atoms with E-state index in [-0.39, 0.29) is 0 Å². The van der Waals surface area contributed by atoms with Crippen molar-refractivity contribution in [3.8, 4) is 0 Å². The zero-order valence-electron chi connectivity index (χ0n) is 12.1. The summed E-state index contributed by atoms with van der Waals surface area (Å²) in [6.45, 7) is 7.21. The number of nitrogens with zero attached hydrogens (tertiary/aromatic N) is 2. The topological polar surface area (TPSA) is 41.7 Å². The molecule has 20 heavy (non-hydrogen) atoms. The molecule has 2 aliphatic heterocycles. The normalized spacial score (nSPS) is 28.6. The van der Waals surface area contributed by atoms with Crippen LogP contribution in [0.15, 0.2) is 30.3 Å². The first-order valence-electron chi connectivity index (χ1n) is 7.68. The van der Waals surface area contributed by atoms with Crippen LogP contribution in [0.4, 0.5) is 5.69 Å². The maximum Gasteiger partial charge on any atom is 0.0521 e. The van der Waals surface area contributed by atoms with E-state index in [0.29, 0.717) is 12.0 Å². The van der Waals surface area contributed by atoms with Gasteiger partial charge in [0.25, 0.3) is 0 Å². The number of anilines is 1. The van der Waals surface area contributed by atoms with Gasteiger partial charge in [-0.3, -0.25) is 4.90 Å². The van der Waals surface area contributed by atoms with E-state index in [2.05, 4.69) is 40.1 Å². The Morgan fingerprint density at radius 3 is 2.55 bits per heavy atom. The first-order valence-corrected chi connectivity index (χ1v) is 7.68. The average molecular weight is 275 g/mol. The quantitative estimate of drug-likeness (QED) is 0.899. The van der Waals surface area contributed by atoms with Gasteiger partial charge in [-0.2, -0.15) is 0 Å². The highest BCUT2D eigenvalue weighted by atomic mass is 16.5. The molecule has 0 radical (unpaired) electrons. The van der Waals surface area contributed by atoms with E-state index in [1.165, 1.54) is 5.69 Å². The third-order valence-electron chi connectivity index (χ3n) is 4.52. The molecule has 0 saturated carbocycles. The lowest BCUT2D eigenvalue weighted by Crippen LogP contribution is -2.51. The molecular weight excluding hydrogens is 250 g/mol. The van der Waals surface area contributed by atoms with E-state index in [4.69, 9.17) is 10.5 Å². The molecule has 0 aliphatic carbocycles. The third kappa shape index (κ3) is 3.32. The lowest BCUT2D eigenvalue weighted by Gasteiger charge is -2.39. The first-order chi connectivity index (χ1) is 9.83. The molecule has 2 fully saturated rings. The van der Waals surface area contributed by atoms with E-state index in [9.17, 15) is 0 Å². The standard InChI is InChI=1S/C16H25N3O/c17-16-6-11-20-13-14(16)12-18-7-9-19(10-8-18)15-4-2-1-3-5-15/h1-5,14,16H,6-13,17H2. The van der Waals surface area contributed by atoms with Crippen molar-refractivity contribution in [2.45, 2.75) is 12.5 Å². The largest absolute Gasteiger partial charge is 0.381 e. The van der Waals surface area contributed by atoms with Crippen LogP contribution in [0.25, 0.3) is 0 Å². The van der Waals surface area contributed by atoms with E-state index in [0.717, 1.165) is 52.4 Å². The molecular formula is C16H25N3O. The molecule has 0 spiro atoms. The van der Waals surface area contributed by atoms with Crippen molar-refractivity contribution >= 4 is 5.69 Å². The van der Waals surface area contributed by atoms with Crippen LogP contribution in [0.3, 0.4) is 0 Å². The molecule has 0 bridgehead atoms. The summed E-state index contributed by atoms with van der Waals surface area (Å²) in [6, 6.07) is 11.0. The summed E-state index contributed by atoms with van der Waals surface area (Å²) in [7, 11) is 0. The van der Waals surface area contributed by atoms with Crippen LogP contribution in [-0.2, 0) is 4.74 Å². The monoisotopic (exact) mass is 275 g/mol. The van der Waals surface area contributed by atoms with Crippen LogP contribution in [0, 0.1) is 5.92 Å². The molecule has 2 atom stereocenters. The van der Waals surface area contributed by atoms with Gasteiger partial charge in [0.1, 0.15) is 0 Å². The van der Waals surface area contributed by atoms with Gasteiger partial charge in [-0.25, -0.2) is 0 Å². The number of nitrogens with two attached hydrogens (primary N) is 1. The van der Waals surface area contributed by atoms with Crippen LogP contribution in [-0.4, -0.2) is 56.9 Å². The van der Waals surface area contributed by atoms with E-state index in [1.807, 2.05) is 0 Å². The second-order valence-corrected chi connectivity index (χ2v) is 5.91. The summed E-state index contributed by atoms with van der Waals surface area (Å²) in [5, 5.41) is 0. The van der Waals surface area contributed by atoms with Crippen molar-refractivity contribution in [2.75, 3.05) is 50.8 Å². The maximum atomic E-state index is 6.20. The highest BCUT2D eigenvalue weighted by Crippen LogP contribution is 2.18. The van der Waals surface area contributed by atoms with Crippen LogP contribution < -0.4 is 10.6 Å². The number of hydrogen-bond donors (Lipinski definition) is 1. The van der Waals surface area contributed by atoms with Crippen LogP contribution in [0.2, 0.25) is 0 Å². The second kappa shape index (κ2) is 6.57. The molecule has 2 heterocycles. The molecule has 110 valence electrons. The third-order valence-corrected chi connectivity index (χ3v) is 4.52. The lowest BCUT2D eigenvalue weighted by atomic mass is 9.96. The molecule has 2 aliphatic rings. The zero-order chi connectivity index (χ0) is 13.8. The highest BCUT2D eigenvalue weighted by Gasteiger charge is 2.26. The number of rotatable bonds is 3. The second-order valence-electron chi connectivity index (χ2n) is 5.91.